The number of carbonyl (C=O) groups is 1. The van der Waals surface area contributed by atoms with Crippen LogP contribution in [-0.2, 0) is 19.1 Å². The maximum absolute atomic E-state index is 12.8. The van der Waals surface area contributed by atoms with Gasteiger partial charge in [-0.15, -0.1) is 0 Å². The highest BCUT2D eigenvalue weighted by Gasteiger charge is 2.30. The molecule has 1 amide bonds. The summed E-state index contributed by atoms with van der Waals surface area (Å²) in [4.78, 5) is 17.1. The number of hydrogen-bond donors (Lipinski definition) is 1. The van der Waals surface area contributed by atoms with Gasteiger partial charge in [-0.25, -0.2) is 0 Å². The lowest BCUT2D eigenvalue weighted by atomic mass is 9.96. The van der Waals surface area contributed by atoms with Crippen LogP contribution in [0, 0.1) is 0 Å². The average Bonchev–Trinajstić information content (AvgIpc) is 2.84. The van der Waals surface area contributed by atoms with Crippen LogP contribution in [0.25, 0.3) is 0 Å². The number of alkyl halides is 3. The van der Waals surface area contributed by atoms with Crippen molar-refractivity contribution >= 4 is 11.6 Å². The Labute approximate surface area is 198 Å². The molecule has 3 aromatic carbocycles. The minimum Gasteiger partial charge on any atom is -0.378 e. The van der Waals surface area contributed by atoms with Gasteiger partial charge < -0.3 is 10.2 Å². The van der Waals surface area contributed by atoms with E-state index < -0.39 is 11.7 Å². The van der Waals surface area contributed by atoms with Crippen LogP contribution in [0.2, 0.25) is 0 Å². The lowest BCUT2D eigenvalue weighted by Crippen LogP contribution is -2.40. The zero-order chi connectivity index (χ0) is 24.3. The molecule has 178 valence electrons. The van der Waals surface area contributed by atoms with E-state index in [-0.39, 0.29) is 17.5 Å². The topological polar surface area (TPSA) is 35.6 Å². The van der Waals surface area contributed by atoms with Gasteiger partial charge in [0.05, 0.1) is 11.6 Å². The van der Waals surface area contributed by atoms with Crippen LogP contribution in [0.1, 0.15) is 38.7 Å². The summed E-state index contributed by atoms with van der Waals surface area (Å²) in [6, 6.07) is 20.9. The minimum absolute atomic E-state index is 0.0667. The van der Waals surface area contributed by atoms with E-state index in [9.17, 15) is 18.0 Å². The highest BCUT2D eigenvalue weighted by molar-refractivity contribution is 5.94. The molecule has 1 aliphatic rings. The third kappa shape index (κ3) is 5.42. The third-order valence-corrected chi connectivity index (χ3v) is 6.33. The molecule has 0 saturated heterocycles. The number of benzene rings is 3. The maximum Gasteiger partial charge on any atom is 0.416 e. The first-order valence-corrected chi connectivity index (χ1v) is 11.3. The van der Waals surface area contributed by atoms with E-state index in [1.165, 1.54) is 23.3 Å². The van der Waals surface area contributed by atoms with Gasteiger partial charge >= 0.3 is 6.18 Å². The molecule has 0 unspecified atom stereocenters. The predicted molar refractivity (Wildman–Crippen MR) is 128 cm³/mol. The second kappa shape index (κ2) is 9.89. The predicted octanol–water partition coefficient (Wildman–Crippen LogP) is 5.30. The lowest BCUT2D eigenvalue weighted by Gasteiger charge is -2.36. The molecule has 1 atom stereocenters. The summed E-state index contributed by atoms with van der Waals surface area (Å²) >= 11 is 0. The maximum atomic E-state index is 12.8. The summed E-state index contributed by atoms with van der Waals surface area (Å²) in [6.07, 6.45) is -3.50. The molecule has 0 aliphatic carbocycles. The molecule has 34 heavy (non-hydrogen) atoms. The molecular formula is C27H28F3N3O. The highest BCUT2D eigenvalue weighted by atomic mass is 19.4. The number of nitrogens with zero attached hydrogens (tertiary/aromatic N) is 2. The van der Waals surface area contributed by atoms with E-state index >= 15 is 0 Å². The molecule has 1 heterocycles. The van der Waals surface area contributed by atoms with Gasteiger partial charge in [0.2, 0.25) is 0 Å². The molecule has 4 nitrogen and oxygen atoms in total. The molecule has 1 aliphatic heterocycles. The number of amides is 1. The fourth-order valence-corrected chi connectivity index (χ4v) is 4.34. The molecule has 4 rings (SSSR count). The fourth-order valence-electron chi connectivity index (χ4n) is 4.34. The van der Waals surface area contributed by atoms with Gasteiger partial charge in [0.15, 0.2) is 0 Å². The van der Waals surface area contributed by atoms with Crippen LogP contribution in [0.15, 0.2) is 72.8 Å². The quantitative estimate of drug-likeness (QED) is 0.534. The first kappa shape index (κ1) is 23.8. The highest BCUT2D eigenvalue weighted by Crippen LogP contribution is 2.30. The molecule has 3 aromatic rings. The summed E-state index contributed by atoms with van der Waals surface area (Å²) in [5.74, 6) is -0.388. The standard InChI is InChI=1S/C27H28F3N3O/c1-32(2)24-13-9-20(10-14-24)25(33-16-15-19-5-3-4-6-22(19)18-33)17-31-26(34)21-7-11-23(12-8-21)27(28,29)30/h3-14,25H,15-18H2,1-2H3,(H,31,34)/t25-/m1/s1. The van der Waals surface area contributed by atoms with E-state index in [2.05, 4.69) is 52.7 Å². The number of rotatable bonds is 6. The number of fused-ring (bicyclic) bond motifs is 1. The molecular weight excluding hydrogens is 439 g/mol. The van der Waals surface area contributed by atoms with E-state index in [0.717, 1.165) is 42.9 Å². The van der Waals surface area contributed by atoms with E-state index in [4.69, 9.17) is 0 Å². The molecule has 0 aromatic heterocycles. The Kier molecular flexibility index (Phi) is 6.93. The summed E-state index contributed by atoms with van der Waals surface area (Å²) in [5.41, 5.74) is 4.22. The van der Waals surface area contributed by atoms with Crippen LogP contribution in [0.4, 0.5) is 18.9 Å². The molecule has 7 heteroatoms. The van der Waals surface area contributed by atoms with Gasteiger partial charge in [-0.2, -0.15) is 13.2 Å². The second-order valence-corrected chi connectivity index (χ2v) is 8.78. The van der Waals surface area contributed by atoms with Crippen molar-refractivity contribution in [1.29, 1.82) is 0 Å². The molecule has 0 bridgehead atoms. The van der Waals surface area contributed by atoms with Crippen LogP contribution in [0.5, 0.6) is 0 Å². The molecule has 0 saturated carbocycles. The Bertz CT molecular complexity index is 1130. The van der Waals surface area contributed by atoms with Crippen molar-refractivity contribution in [2.75, 3.05) is 32.1 Å². The van der Waals surface area contributed by atoms with Gasteiger partial charge in [-0.3, -0.25) is 9.69 Å². The summed E-state index contributed by atoms with van der Waals surface area (Å²) < 4.78 is 38.5. The third-order valence-electron chi connectivity index (χ3n) is 6.33. The molecule has 1 N–H and O–H groups in total. The van der Waals surface area contributed by atoms with Crippen molar-refractivity contribution in [3.05, 3.63) is 101 Å². The van der Waals surface area contributed by atoms with Crippen molar-refractivity contribution in [2.45, 2.75) is 25.2 Å². The number of halogens is 3. The Morgan fingerprint density at radius 2 is 1.62 bits per heavy atom. The zero-order valence-electron chi connectivity index (χ0n) is 19.3. The van der Waals surface area contributed by atoms with Gasteiger partial charge in [0.25, 0.3) is 5.91 Å². The Balaban J connectivity index is 1.53. The normalized spacial score (nSPS) is 14.9. The van der Waals surface area contributed by atoms with Crippen molar-refractivity contribution in [1.82, 2.24) is 10.2 Å². The summed E-state index contributed by atoms with van der Waals surface area (Å²) in [5, 5.41) is 2.94. The van der Waals surface area contributed by atoms with Gasteiger partial charge in [0.1, 0.15) is 0 Å². The SMILES string of the molecule is CN(C)c1ccc([C@@H](CNC(=O)c2ccc(C(F)(F)F)cc2)N2CCc3ccccc3C2)cc1. The van der Waals surface area contributed by atoms with Crippen molar-refractivity contribution in [2.24, 2.45) is 0 Å². The number of carbonyl (C=O) groups excluding carboxylic acids is 1. The summed E-state index contributed by atoms with van der Waals surface area (Å²) in [6.45, 7) is 1.98. The van der Waals surface area contributed by atoms with E-state index in [1.54, 1.807) is 0 Å². The Morgan fingerprint density at radius 1 is 0.971 bits per heavy atom. The van der Waals surface area contributed by atoms with Crippen molar-refractivity contribution in [3.63, 3.8) is 0 Å². The smallest absolute Gasteiger partial charge is 0.378 e. The van der Waals surface area contributed by atoms with Gasteiger partial charge in [-0.05, 0) is 59.5 Å². The summed E-state index contributed by atoms with van der Waals surface area (Å²) in [7, 11) is 3.97. The van der Waals surface area contributed by atoms with Crippen LogP contribution in [0.3, 0.4) is 0 Å². The minimum atomic E-state index is -4.43. The molecule has 0 spiro atoms. The lowest BCUT2D eigenvalue weighted by molar-refractivity contribution is -0.137. The van der Waals surface area contributed by atoms with Crippen LogP contribution >= 0.6 is 0 Å². The monoisotopic (exact) mass is 467 g/mol. The first-order chi connectivity index (χ1) is 16.2. The Morgan fingerprint density at radius 3 is 2.24 bits per heavy atom. The zero-order valence-corrected chi connectivity index (χ0v) is 19.3. The second-order valence-electron chi connectivity index (χ2n) is 8.78. The van der Waals surface area contributed by atoms with Crippen molar-refractivity contribution in [3.8, 4) is 0 Å². The number of nitrogens with one attached hydrogen (secondary N) is 1. The average molecular weight is 468 g/mol. The molecule has 0 fully saturated rings. The van der Waals surface area contributed by atoms with E-state index in [1.807, 2.05) is 25.1 Å². The van der Waals surface area contributed by atoms with Crippen LogP contribution in [-0.4, -0.2) is 38.0 Å². The molecule has 0 radical (unpaired) electrons. The largest absolute Gasteiger partial charge is 0.416 e. The van der Waals surface area contributed by atoms with Crippen LogP contribution < -0.4 is 10.2 Å². The number of anilines is 1. The first-order valence-electron chi connectivity index (χ1n) is 11.3. The Hall–Kier alpha value is -3.32. The van der Waals surface area contributed by atoms with Gasteiger partial charge in [0, 0.05) is 45.0 Å². The number of hydrogen-bond acceptors (Lipinski definition) is 3. The van der Waals surface area contributed by atoms with Gasteiger partial charge in [-0.1, -0.05) is 36.4 Å². The van der Waals surface area contributed by atoms with E-state index in [0.29, 0.717) is 6.54 Å². The van der Waals surface area contributed by atoms with Crippen molar-refractivity contribution < 1.29 is 18.0 Å². The fraction of sp³-hybridized carbons (Fsp3) is 0.296.